The van der Waals surface area contributed by atoms with Gasteiger partial charge in [-0.1, -0.05) is 25.1 Å². The molecule has 0 radical (unpaired) electrons. The van der Waals surface area contributed by atoms with Gasteiger partial charge >= 0.3 is 0 Å². The van der Waals surface area contributed by atoms with Crippen LogP contribution in [-0.4, -0.2) is 10.7 Å². The van der Waals surface area contributed by atoms with Gasteiger partial charge in [0, 0.05) is 18.4 Å². The lowest BCUT2D eigenvalue weighted by molar-refractivity contribution is -0.155. The van der Waals surface area contributed by atoms with Crippen molar-refractivity contribution in [2.24, 2.45) is 5.92 Å². The number of furan rings is 1. The summed E-state index contributed by atoms with van der Waals surface area (Å²) < 4.78 is 12.5. The Morgan fingerprint density at radius 2 is 1.92 bits per heavy atom. The SMILES string of the molecule is Cc1ccc(C2=C[C@@H]3c4ccccc4OC4(CCC(C)CC4)N3N2)o1. The van der Waals surface area contributed by atoms with Crippen LogP contribution in [0.5, 0.6) is 5.75 Å². The minimum absolute atomic E-state index is 0.179. The van der Waals surface area contributed by atoms with Gasteiger partial charge in [0.2, 0.25) is 0 Å². The van der Waals surface area contributed by atoms with Crippen LogP contribution in [0.4, 0.5) is 0 Å². The van der Waals surface area contributed by atoms with E-state index in [0.717, 1.165) is 41.7 Å². The average molecular weight is 336 g/mol. The van der Waals surface area contributed by atoms with Crippen molar-refractivity contribution >= 4 is 5.70 Å². The molecule has 1 aliphatic carbocycles. The van der Waals surface area contributed by atoms with E-state index in [1.807, 2.05) is 19.1 Å². The fourth-order valence-electron chi connectivity index (χ4n) is 4.40. The van der Waals surface area contributed by atoms with Gasteiger partial charge in [-0.3, -0.25) is 0 Å². The fraction of sp³-hybridized carbons (Fsp3) is 0.429. The van der Waals surface area contributed by atoms with E-state index in [4.69, 9.17) is 9.15 Å². The molecule has 5 rings (SSSR count). The zero-order valence-corrected chi connectivity index (χ0v) is 14.8. The fourth-order valence-corrected chi connectivity index (χ4v) is 4.40. The van der Waals surface area contributed by atoms with Gasteiger partial charge in [0.05, 0.1) is 11.7 Å². The molecule has 3 aliphatic rings. The number of benzene rings is 1. The number of ether oxygens (including phenoxy) is 1. The lowest BCUT2D eigenvalue weighted by Gasteiger charge is -2.51. The molecular formula is C21H24N2O2. The second-order valence-electron chi connectivity index (χ2n) is 7.69. The largest absolute Gasteiger partial charge is 0.471 e. The number of nitrogens with one attached hydrogen (secondary N) is 1. The van der Waals surface area contributed by atoms with Gasteiger partial charge in [-0.15, -0.1) is 0 Å². The smallest absolute Gasteiger partial charge is 0.180 e. The van der Waals surface area contributed by atoms with Crippen molar-refractivity contribution in [1.29, 1.82) is 0 Å². The maximum absolute atomic E-state index is 6.61. The molecule has 0 bridgehead atoms. The maximum atomic E-state index is 6.61. The van der Waals surface area contributed by atoms with Crippen LogP contribution in [0.15, 0.2) is 46.9 Å². The van der Waals surface area contributed by atoms with Crippen molar-refractivity contribution in [3.05, 3.63) is 59.6 Å². The van der Waals surface area contributed by atoms with Crippen LogP contribution in [0.25, 0.3) is 5.70 Å². The second-order valence-corrected chi connectivity index (χ2v) is 7.69. The highest BCUT2D eigenvalue weighted by Crippen LogP contribution is 2.50. The maximum Gasteiger partial charge on any atom is 0.180 e. The van der Waals surface area contributed by atoms with Crippen LogP contribution < -0.4 is 10.2 Å². The van der Waals surface area contributed by atoms with Crippen molar-refractivity contribution in [3.63, 3.8) is 0 Å². The normalized spacial score (nSPS) is 31.0. The average Bonchev–Trinajstić information content (AvgIpc) is 3.25. The van der Waals surface area contributed by atoms with Crippen LogP contribution in [0.1, 0.15) is 55.7 Å². The highest BCUT2D eigenvalue weighted by atomic mass is 16.5. The summed E-state index contributed by atoms with van der Waals surface area (Å²) in [5.41, 5.74) is 5.60. The number of rotatable bonds is 1. The molecule has 3 heterocycles. The van der Waals surface area contributed by atoms with Crippen molar-refractivity contribution in [1.82, 2.24) is 10.4 Å². The van der Waals surface area contributed by atoms with Gasteiger partial charge < -0.3 is 14.6 Å². The molecule has 1 aromatic heterocycles. The Bertz CT molecular complexity index is 830. The van der Waals surface area contributed by atoms with Crippen molar-refractivity contribution in [2.75, 3.05) is 0 Å². The van der Waals surface area contributed by atoms with Crippen LogP contribution in [0.3, 0.4) is 0 Å². The van der Waals surface area contributed by atoms with Gasteiger partial charge in [-0.2, -0.15) is 5.01 Å². The molecule has 1 spiro atoms. The summed E-state index contributed by atoms with van der Waals surface area (Å²) in [7, 11) is 0. The van der Waals surface area contributed by atoms with E-state index in [2.05, 4.69) is 47.7 Å². The molecule has 1 atom stereocenters. The molecule has 0 saturated heterocycles. The van der Waals surface area contributed by atoms with E-state index in [-0.39, 0.29) is 11.8 Å². The molecule has 4 heteroatoms. The third kappa shape index (κ3) is 2.31. The Balaban J connectivity index is 1.57. The Morgan fingerprint density at radius 1 is 1.12 bits per heavy atom. The monoisotopic (exact) mass is 336 g/mol. The predicted octanol–water partition coefficient (Wildman–Crippen LogP) is 4.79. The molecule has 130 valence electrons. The molecule has 1 fully saturated rings. The van der Waals surface area contributed by atoms with E-state index >= 15 is 0 Å². The van der Waals surface area contributed by atoms with Crippen molar-refractivity contribution < 1.29 is 9.15 Å². The Labute approximate surface area is 148 Å². The third-order valence-electron chi connectivity index (χ3n) is 5.88. The van der Waals surface area contributed by atoms with E-state index in [1.54, 1.807) is 0 Å². The van der Waals surface area contributed by atoms with Crippen LogP contribution in [-0.2, 0) is 0 Å². The first-order valence-corrected chi connectivity index (χ1v) is 9.27. The summed E-state index contributed by atoms with van der Waals surface area (Å²) in [4.78, 5) is 0. The first-order valence-electron chi connectivity index (χ1n) is 9.27. The molecular weight excluding hydrogens is 312 g/mol. The van der Waals surface area contributed by atoms with Crippen molar-refractivity contribution in [2.45, 2.75) is 51.3 Å². The molecule has 25 heavy (non-hydrogen) atoms. The molecule has 2 aliphatic heterocycles. The zero-order valence-electron chi connectivity index (χ0n) is 14.8. The first-order chi connectivity index (χ1) is 12.1. The summed E-state index contributed by atoms with van der Waals surface area (Å²) in [5, 5.41) is 2.33. The Kier molecular flexibility index (Phi) is 3.26. The summed E-state index contributed by atoms with van der Waals surface area (Å²) in [6.07, 6.45) is 6.76. The minimum Gasteiger partial charge on any atom is -0.471 e. The summed E-state index contributed by atoms with van der Waals surface area (Å²) in [6, 6.07) is 12.7. The van der Waals surface area contributed by atoms with Crippen molar-refractivity contribution in [3.8, 4) is 5.75 Å². The summed E-state index contributed by atoms with van der Waals surface area (Å²) >= 11 is 0. The Morgan fingerprint density at radius 3 is 2.68 bits per heavy atom. The molecule has 0 amide bonds. The Hall–Kier alpha value is -2.20. The van der Waals surface area contributed by atoms with Crippen LogP contribution in [0, 0.1) is 12.8 Å². The molecule has 1 N–H and O–H groups in total. The number of fused-ring (bicyclic) bond motifs is 4. The van der Waals surface area contributed by atoms with E-state index in [0.29, 0.717) is 0 Å². The van der Waals surface area contributed by atoms with Crippen LogP contribution >= 0.6 is 0 Å². The summed E-state index contributed by atoms with van der Waals surface area (Å²) in [5.74, 6) is 3.62. The topological polar surface area (TPSA) is 37.6 Å². The zero-order chi connectivity index (χ0) is 17.0. The van der Waals surface area contributed by atoms with Gasteiger partial charge in [0.15, 0.2) is 11.5 Å². The van der Waals surface area contributed by atoms with E-state index < -0.39 is 0 Å². The van der Waals surface area contributed by atoms with Gasteiger partial charge in [-0.05, 0) is 50.0 Å². The number of para-hydroxylation sites is 1. The highest BCUT2D eigenvalue weighted by Gasteiger charge is 2.51. The summed E-state index contributed by atoms with van der Waals surface area (Å²) in [6.45, 7) is 4.32. The number of hydrogen-bond acceptors (Lipinski definition) is 4. The number of nitrogens with zero attached hydrogens (tertiary/aromatic N) is 1. The number of hydrogen-bond donors (Lipinski definition) is 1. The quantitative estimate of drug-likeness (QED) is 0.812. The van der Waals surface area contributed by atoms with E-state index in [1.165, 1.54) is 18.4 Å². The van der Waals surface area contributed by atoms with E-state index in [9.17, 15) is 0 Å². The van der Waals surface area contributed by atoms with Crippen LogP contribution in [0.2, 0.25) is 0 Å². The molecule has 2 aromatic rings. The first kappa shape index (κ1) is 15.1. The minimum atomic E-state index is -0.272. The lowest BCUT2D eigenvalue weighted by atomic mass is 9.82. The highest BCUT2D eigenvalue weighted by molar-refractivity contribution is 5.64. The molecule has 1 saturated carbocycles. The molecule has 1 aromatic carbocycles. The lowest BCUT2D eigenvalue weighted by Crippen LogP contribution is -2.60. The second kappa shape index (κ2) is 5.40. The number of hydrazine groups is 1. The number of aryl methyl sites for hydroxylation is 1. The van der Waals surface area contributed by atoms with Gasteiger partial charge in [-0.25, -0.2) is 0 Å². The molecule has 4 nitrogen and oxygen atoms in total. The van der Waals surface area contributed by atoms with Gasteiger partial charge in [0.1, 0.15) is 11.5 Å². The molecule has 0 unspecified atom stereocenters. The van der Waals surface area contributed by atoms with Gasteiger partial charge in [0.25, 0.3) is 0 Å². The predicted molar refractivity (Wildman–Crippen MR) is 96.6 cm³/mol. The third-order valence-corrected chi connectivity index (χ3v) is 5.88. The standard InChI is InChI=1S/C21H24N2O2/c1-14-9-11-21(12-10-14)23-18(16-5-3-4-6-19(16)25-21)13-17(22-23)20-8-7-15(2)24-20/h3-8,13-14,18,22H,9-12H2,1-2H3/t14?,18-,21?/m1/s1.